The maximum Gasteiger partial charge on any atom is 0.387 e. The molecule has 0 radical (unpaired) electrons. The van der Waals surface area contributed by atoms with E-state index in [0.29, 0.717) is 18.8 Å². The molecule has 0 unspecified atom stereocenters. The molecule has 1 aliphatic heterocycles. The summed E-state index contributed by atoms with van der Waals surface area (Å²) in [6.45, 7) is -0.420. The molecule has 0 spiro atoms. The van der Waals surface area contributed by atoms with Crippen molar-refractivity contribution in [1.82, 2.24) is 10.3 Å². The molecule has 1 aliphatic rings. The first-order chi connectivity index (χ1) is 14.9. The molecule has 12 heteroatoms. The first kappa shape index (κ1) is 22.2. The first-order valence-corrected chi connectivity index (χ1v) is 9.26. The van der Waals surface area contributed by atoms with E-state index in [1.165, 1.54) is 7.11 Å². The topological polar surface area (TPSA) is 116 Å². The van der Waals surface area contributed by atoms with Crippen LogP contribution in [0.1, 0.15) is 15.9 Å². The van der Waals surface area contributed by atoms with E-state index in [4.69, 9.17) is 9.47 Å². The number of benzene rings is 1. The number of ether oxygens (including phenoxy) is 3. The number of morpholine rings is 1. The highest BCUT2D eigenvalue weighted by atomic mass is 19.3. The number of hydrogen-bond acceptors (Lipinski definition) is 8. The Morgan fingerprint density at radius 3 is 2.65 bits per heavy atom. The van der Waals surface area contributed by atoms with Crippen LogP contribution in [0.2, 0.25) is 0 Å². The lowest BCUT2D eigenvalue weighted by Gasteiger charge is -2.27. The van der Waals surface area contributed by atoms with Crippen molar-refractivity contribution in [3.8, 4) is 11.5 Å². The molecule has 2 aromatic rings. The fourth-order valence-corrected chi connectivity index (χ4v) is 3.01. The van der Waals surface area contributed by atoms with Gasteiger partial charge in [-0.1, -0.05) is 6.07 Å². The summed E-state index contributed by atoms with van der Waals surface area (Å²) < 4.78 is 39.5. The van der Waals surface area contributed by atoms with E-state index in [0.717, 1.165) is 31.0 Å². The minimum atomic E-state index is -3.21. The molecule has 3 rings (SSSR count). The molecule has 31 heavy (non-hydrogen) atoms. The van der Waals surface area contributed by atoms with E-state index in [1.807, 2.05) is 6.07 Å². The molecular weight excluding hydrogens is 418 g/mol. The number of nitrogens with zero attached hydrogens (tertiary/aromatic N) is 3. The van der Waals surface area contributed by atoms with Crippen molar-refractivity contribution in [3.63, 3.8) is 0 Å². The summed E-state index contributed by atoms with van der Waals surface area (Å²) in [5, 5.41) is 13.9. The summed E-state index contributed by atoms with van der Waals surface area (Å²) in [5.41, 5.74) is -0.353. The third-order valence-corrected chi connectivity index (χ3v) is 4.54. The number of alkyl halides is 2. The van der Waals surface area contributed by atoms with Crippen molar-refractivity contribution in [2.24, 2.45) is 0 Å². The Labute approximate surface area is 175 Å². The monoisotopic (exact) mass is 438 g/mol. The predicted molar refractivity (Wildman–Crippen MR) is 105 cm³/mol. The van der Waals surface area contributed by atoms with Crippen LogP contribution in [-0.2, 0) is 11.3 Å². The van der Waals surface area contributed by atoms with Gasteiger partial charge in [-0.15, -0.1) is 0 Å². The Balaban J connectivity index is 1.72. The van der Waals surface area contributed by atoms with Gasteiger partial charge in [0.15, 0.2) is 11.5 Å². The van der Waals surface area contributed by atoms with Gasteiger partial charge in [0.2, 0.25) is 0 Å². The molecule has 0 bridgehead atoms. The zero-order chi connectivity index (χ0) is 22.4. The highest BCUT2D eigenvalue weighted by Gasteiger charge is 2.26. The van der Waals surface area contributed by atoms with Crippen molar-refractivity contribution in [2.75, 3.05) is 38.3 Å². The number of amides is 1. The summed E-state index contributed by atoms with van der Waals surface area (Å²) in [6, 6.07) is 5.32. The number of hydrogen-bond donors (Lipinski definition) is 1. The van der Waals surface area contributed by atoms with Crippen molar-refractivity contribution in [3.05, 3.63) is 51.7 Å². The Kier molecular flexibility index (Phi) is 7.13. The Morgan fingerprint density at radius 2 is 2.06 bits per heavy atom. The summed E-state index contributed by atoms with van der Waals surface area (Å²) >= 11 is 0. The van der Waals surface area contributed by atoms with Gasteiger partial charge >= 0.3 is 6.61 Å². The lowest BCUT2D eigenvalue weighted by molar-refractivity contribution is -0.385. The minimum absolute atomic E-state index is 0.0595. The van der Waals surface area contributed by atoms with Gasteiger partial charge in [-0.05, 0) is 11.6 Å². The lowest BCUT2D eigenvalue weighted by Crippen LogP contribution is -2.36. The van der Waals surface area contributed by atoms with E-state index in [2.05, 4.69) is 19.9 Å². The maximum atomic E-state index is 12.6. The molecule has 1 N–H and O–H groups in total. The number of nitro benzene ring substituents is 1. The molecule has 0 saturated carbocycles. The van der Waals surface area contributed by atoms with Crippen molar-refractivity contribution in [1.29, 1.82) is 0 Å². The number of rotatable bonds is 8. The standard InChI is InChI=1S/C19H20F2N4O6/c1-29-15-8-13(14(25(27)28)9-16(15)31-19(20)21)18(26)23-11-12-2-3-17(22-10-12)24-4-6-30-7-5-24/h2-3,8-10,19H,4-7,11H2,1H3,(H,23,26). The van der Waals surface area contributed by atoms with E-state index in [9.17, 15) is 23.7 Å². The Morgan fingerprint density at radius 1 is 1.32 bits per heavy atom. The van der Waals surface area contributed by atoms with Crippen LogP contribution in [0.5, 0.6) is 11.5 Å². The SMILES string of the molecule is COc1cc(C(=O)NCc2ccc(N3CCOCC3)nc2)c([N+](=O)[O-])cc1OC(F)F. The van der Waals surface area contributed by atoms with Gasteiger partial charge in [-0.25, -0.2) is 4.98 Å². The fraction of sp³-hybridized carbons (Fsp3) is 0.368. The van der Waals surface area contributed by atoms with Crippen LogP contribution < -0.4 is 19.7 Å². The number of pyridine rings is 1. The zero-order valence-corrected chi connectivity index (χ0v) is 16.5. The van der Waals surface area contributed by atoms with E-state index in [1.54, 1.807) is 12.3 Å². The average Bonchev–Trinajstić information content (AvgIpc) is 2.77. The van der Waals surface area contributed by atoms with Crippen LogP contribution in [-0.4, -0.2) is 55.8 Å². The molecule has 0 atom stereocenters. The van der Waals surface area contributed by atoms with Crippen LogP contribution in [0.15, 0.2) is 30.5 Å². The van der Waals surface area contributed by atoms with Gasteiger partial charge in [0, 0.05) is 31.9 Å². The first-order valence-electron chi connectivity index (χ1n) is 9.26. The highest BCUT2D eigenvalue weighted by Crippen LogP contribution is 2.35. The van der Waals surface area contributed by atoms with E-state index >= 15 is 0 Å². The molecule has 1 aromatic carbocycles. The summed E-state index contributed by atoms with van der Waals surface area (Å²) in [6.07, 6.45) is 1.60. The lowest BCUT2D eigenvalue weighted by atomic mass is 10.1. The highest BCUT2D eigenvalue weighted by molar-refractivity contribution is 5.99. The van der Waals surface area contributed by atoms with Gasteiger partial charge in [0.1, 0.15) is 11.4 Å². The number of aromatic nitrogens is 1. The number of anilines is 1. The molecule has 1 saturated heterocycles. The fourth-order valence-electron chi connectivity index (χ4n) is 3.01. The molecular formula is C19H20F2N4O6. The molecule has 1 amide bonds. The Bertz CT molecular complexity index is 936. The molecule has 166 valence electrons. The van der Waals surface area contributed by atoms with Crippen molar-refractivity contribution in [2.45, 2.75) is 13.2 Å². The average molecular weight is 438 g/mol. The van der Waals surface area contributed by atoms with Crippen LogP contribution in [0.4, 0.5) is 20.3 Å². The second-order valence-corrected chi connectivity index (χ2v) is 6.46. The summed E-state index contributed by atoms with van der Waals surface area (Å²) in [5.74, 6) is -0.754. The number of halogens is 2. The molecule has 10 nitrogen and oxygen atoms in total. The van der Waals surface area contributed by atoms with Crippen molar-refractivity contribution >= 4 is 17.4 Å². The third kappa shape index (κ3) is 5.54. The molecule has 2 heterocycles. The van der Waals surface area contributed by atoms with Crippen molar-refractivity contribution < 1.29 is 32.7 Å². The normalized spacial score (nSPS) is 13.7. The second kappa shape index (κ2) is 9.98. The number of nitrogens with one attached hydrogen (secondary N) is 1. The molecule has 1 fully saturated rings. The molecule has 1 aromatic heterocycles. The largest absolute Gasteiger partial charge is 0.493 e. The van der Waals surface area contributed by atoms with Gasteiger partial charge in [0.05, 0.1) is 31.3 Å². The predicted octanol–water partition coefficient (Wildman–Crippen LogP) is 2.37. The van der Waals surface area contributed by atoms with Crippen LogP contribution >= 0.6 is 0 Å². The van der Waals surface area contributed by atoms with Crippen LogP contribution in [0.3, 0.4) is 0 Å². The number of nitro groups is 1. The third-order valence-electron chi connectivity index (χ3n) is 4.54. The molecule has 0 aliphatic carbocycles. The smallest absolute Gasteiger partial charge is 0.387 e. The minimum Gasteiger partial charge on any atom is -0.493 e. The van der Waals surface area contributed by atoms with Crippen LogP contribution in [0, 0.1) is 10.1 Å². The quantitative estimate of drug-likeness (QED) is 0.493. The van der Waals surface area contributed by atoms with E-state index < -0.39 is 28.9 Å². The Hall–Kier alpha value is -3.54. The van der Waals surface area contributed by atoms with Gasteiger partial charge < -0.3 is 24.4 Å². The summed E-state index contributed by atoms with van der Waals surface area (Å²) in [4.78, 5) is 29.5. The number of carbonyl (C=O) groups is 1. The van der Waals surface area contributed by atoms with Gasteiger partial charge in [0.25, 0.3) is 11.6 Å². The van der Waals surface area contributed by atoms with Gasteiger partial charge in [-0.2, -0.15) is 8.78 Å². The number of methoxy groups -OCH3 is 1. The summed E-state index contributed by atoms with van der Waals surface area (Å²) in [7, 11) is 1.17. The second-order valence-electron chi connectivity index (χ2n) is 6.46. The number of carbonyl (C=O) groups excluding carboxylic acids is 1. The van der Waals surface area contributed by atoms with Crippen LogP contribution in [0.25, 0.3) is 0 Å². The maximum absolute atomic E-state index is 12.6. The van der Waals surface area contributed by atoms with Gasteiger partial charge in [-0.3, -0.25) is 14.9 Å². The zero-order valence-electron chi connectivity index (χ0n) is 16.5. The van der Waals surface area contributed by atoms with E-state index in [-0.39, 0.29) is 17.9 Å².